The number of nitrogens with one attached hydrogen (secondary N) is 1. The fourth-order valence-corrected chi connectivity index (χ4v) is 2.09. The van der Waals surface area contributed by atoms with Crippen molar-refractivity contribution in [3.05, 3.63) is 45.5 Å². The molecule has 0 atom stereocenters. The number of benzene rings is 1. The highest BCUT2D eigenvalue weighted by Gasteiger charge is 2.17. The van der Waals surface area contributed by atoms with Crippen molar-refractivity contribution in [1.82, 2.24) is 9.97 Å². The topological polar surface area (TPSA) is 55.0 Å². The summed E-state index contributed by atoms with van der Waals surface area (Å²) in [4.78, 5) is 18.1. The molecule has 0 fully saturated rings. The molecule has 0 aliphatic heterocycles. The van der Waals surface area contributed by atoms with E-state index in [1.54, 1.807) is 0 Å². The lowest BCUT2D eigenvalue weighted by molar-refractivity contribution is 0.0598. The molecule has 1 N–H and O–H groups in total. The summed E-state index contributed by atoms with van der Waals surface area (Å²) in [6.45, 7) is 1.53. The van der Waals surface area contributed by atoms with Crippen molar-refractivity contribution in [2.24, 2.45) is 0 Å². The van der Waals surface area contributed by atoms with Gasteiger partial charge in [0.1, 0.15) is 16.0 Å². The number of ether oxygens (including phenoxy) is 1. The molecule has 0 saturated heterocycles. The number of aromatic nitrogens is 2. The van der Waals surface area contributed by atoms with Crippen LogP contribution in [0.2, 0.25) is 0 Å². The van der Waals surface area contributed by atoms with Gasteiger partial charge in [-0.15, -0.1) is 0 Å². The number of aromatic amines is 1. The highest BCUT2D eigenvalue weighted by Crippen LogP contribution is 2.22. The summed E-state index contributed by atoms with van der Waals surface area (Å²) in [5.74, 6) is -4.92. The largest absolute Gasteiger partial charge is 0.465 e. The number of carbonyl (C=O) groups is 1. The van der Waals surface area contributed by atoms with Crippen molar-refractivity contribution in [3.63, 3.8) is 0 Å². The van der Waals surface area contributed by atoms with E-state index >= 15 is 0 Å². The Morgan fingerprint density at radius 2 is 1.86 bits per heavy atom. The molecule has 0 aliphatic carbocycles. The standard InChI is InChI=1S/C13H9F3N2O2S/c1-5-9(13(19)20-2)12(21)18-11(17-5)6-3-7(14)10(16)8(15)4-6/h3-4H,1-2H3,(H,17,18,21). The second-order valence-corrected chi connectivity index (χ2v) is 4.52. The van der Waals surface area contributed by atoms with E-state index in [1.165, 1.54) is 14.0 Å². The predicted molar refractivity (Wildman–Crippen MR) is 70.8 cm³/mol. The molecule has 0 saturated carbocycles. The van der Waals surface area contributed by atoms with Gasteiger partial charge in [0, 0.05) is 11.3 Å². The van der Waals surface area contributed by atoms with Crippen molar-refractivity contribution < 1.29 is 22.7 Å². The van der Waals surface area contributed by atoms with Crippen LogP contribution in [-0.2, 0) is 4.74 Å². The molecule has 0 unspecified atom stereocenters. The van der Waals surface area contributed by atoms with Gasteiger partial charge in [-0.3, -0.25) is 0 Å². The molecule has 0 radical (unpaired) electrons. The van der Waals surface area contributed by atoms with Gasteiger partial charge in [-0.1, -0.05) is 12.2 Å². The highest BCUT2D eigenvalue weighted by atomic mass is 32.1. The van der Waals surface area contributed by atoms with Gasteiger partial charge in [0.25, 0.3) is 0 Å². The summed E-state index contributed by atoms with van der Waals surface area (Å²) in [5.41, 5.74) is 0.346. The van der Waals surface area contributed by atoms with Gasteiger partial charge >= 0.3 is 5.97 Å². The molecule has 1 aromatic carbocycles. The molecule has 21 heavy (non-hydrogen) atoms. The van der Waals surface area contributed by atoms with E-state index in [9.17, 15) is 18.0 Å². The number of carbonyl (C=O) groups excluding carboxylic acids is 1. The Balaban J connectivity index is 2.62. The average molecular weight is 314 g/mol. The minimum absolute atomic E-state index is 0.0166. The lowest BCUT2D eigenvalue weighted by Gasteiger charge is -2.08. The van der Waals surface area contributed by atoms with E-state index in [2.05, 4.69) is 14.7 Å². The Bertz CT molecular complexity index is 766. The molecular weight excluding hydrogens is 305 g/mol. The summed E-state index contributed by atoms with van der Waals surface area (Å²) in [5, 5.41) is 0. The highest BCUT2D eigenvalue weighted by molar-refractivity contribution is 7.71. The molecule has 110 valence electrons. The van der Waals surface area contributed by atoms with Crippen LogP contribution in [0.15, 0.2) is 12.1 Å². The molecule has 4 nitrogen and oxygen atoms in total. The van der Waals surface area contributed by atoms with Crippen LogP contribution >= 0.6 is 12.2 Å². The monoisotopic (exact) mass is 314 g/mol. The van der Waals surface area contributed by atoms with E-state index < -0.39 is 23.4 Å². The summed E-state index contributed by atoms with van der Waals surface area (Å²) in [7, 11) is 1.19. The first kappa shape index (κ1) is 15.2. The molecule has 1 heterocycles. The summed E-state index contributed by atoms with van der Waals surface area (Å²) < 4.78 is 43.9. The Labute approximate surface area is 122 Å². The van der Waals surface area contributed by atoms with E-state index in [4.69, 9.17) is 12.2 Å². The number of hydrogen-bond donors (Lipinski definition) is 1. The summed E-state index contributed by atoms with van der Waals surface area (Å²) in [6, 6.07) is 1.56. The zero-order valence-electron chi connectivity index (χ0n) is 11.0. The second kappa shape index (κ2) is 5.65. The fourth-order valence-electron chi connectivity index (χ4n) is 1.76. The molecule has 0 spiro atoms. The maximum Gasteiger partial charge on any atom is 0.342 e. The number of H-pyrrole nitrogens is 1. The zero-order valence-corrected chi connectivity index (χ0v) is 11.8. The first-order chi connectivity index (χ1) is 9.85. The number of rotatable bonds is 2. The Morgan fingerprint density at radius 3 is 2.33 bits per heavy atom. The van der Waals surface area contributed by atoms with Gasteiger partial charge in [-0.25, -0.2) is 22.9 Å². The minimum atomic E-state index is -1.57. The van der Waals surface area contributed by atoms with Gasteiger partial charge in [0.2, 0.25) is 0 Å². The van der Waals surface area contributed by atoms with Gasteiger partial charge in [0.15, 0.2) is 17.5 Å². The predicted octanol–water partition coefficient (Wildman–Crippen LogP) is 3.32. The second-order valence-electron chi connectivity index (χ2n) is 4.14. The Kier molecular flexibility index (Phi) is 4.08. The number of methoxy groups -OCH3 is 1. The van der Waals surface area contributed by atoms with Gasteiger partial charge in [0.05, 0.1) is 7.11 Å². The first-order valence-electron chi connectivity index (χ1n) is 5.69. The maximum atomic E-state index is 13.2. The SMILES string of the molecule is COC(=O)c1c(C)[nH]c(-c2cc(F)c(F)c(F)c2)nc1=S. The van der Waals surface area contributed by atoms with Gasteiger partial charge < -0.3 is 9.72 Å². The third kappa shape index (κ3) is 2.80. The van der Waals surface area contributed by atoms with Crippen LogP contribution < -0.4 is 0 Å². The normalized spacial score (nSPS) is 10.5. The molecule has 8 heteroatoms. The zero-order chi connectivity index (χ0) is 15.7. The molecule has 2 aromatic rings. The summed E-state index contributed by atoms with van der Waals surface area (Å²) in [6.07, 6.45) is 0. The van der Waals surface area contributed by atoms with Crippen molar-refractivity contribution in [2.45, 2.75) is 6.92 Å². The molecule has 0 aliphatic rings. The lowest BCUT2D eigenvalue weighted by Crippen LogP contribution is -2.09. The van der Waals surface area contributed by atoms with Crippen LogP contribution in [0.1, 0.15) is 16.1 Å². The van der Waals surface area contributed by atoms with Crippen LogP contribution in [0.5, 0.6) is 0 Å². The van der Waals surface area contributed by atoms with E-state index in [0.29, 0.717) is 5.69 Å². The van der Waals surface area contributed by atoms with Crippen molar-refractivity contribution >= 4 is 18.2 Å². The fraction of sp³-hybridized carbons (Fsp3) is 0.154. The van der Waals surface area contributed by atoms with Crippen LogP contribution in [0.3, 0.4) is 0 Å². The third-order valence-corrected chi connectivity index (χ3v) is 3.05. The van der Waals surface area contributed by atoms with Crippen LogP contribution in [-0.4, -0.2) is 23.0 Å². The van der Waals surface area contributed by atoms with Crippen LogP contribution in [0.25, 0.3) is 11.4 Å². The smallest absolute Gasteiger partial charge is 0.342 e. The van der Waals surface area contributed by atoms with Crippen molar-refractivity contribution in [3.8, 4) is 11.4 Å². The molecule has 2 rings (SSSR count). The number of esters is 1. The minimum Gasteiger partial charge on any atom is -0.465 e. The van der Waals surface area contributed by atoms with E-state index in [0.717, 1.165) is 12.1 Å². The average Bonchev–Trinajstić information content (AvgIpc) is 2.43. The number of nitrogens with zero attached hydrogens (tertiary/aromatic N) is 1. The Morgan fingerprint density at radius 1 is 1.29 bits per heavy atom. The molecule has 0 bridgehead atoms. The molecule has 0 amide bonds. The first-order valence-corrected chi connectivity index (χ1v) is 6.10. The molecule has 1 aromatic heterocycles. The van der Waals surface area contributed by atoms with Crippen molar-refractivity contribution in [1.29, 1.82) is 0 Å². The maximum absolute atomic E-state index is 13.2. The molecular formula is C13H9F3N2O2S. The van der Waals surface area contributed by atoms with E-state index in [1.807, 2.05) is 0 Å². The number of hydrogen-bond acceptors (Lipinski definition) is 4. The van der Waals surface area contributed by atoms with Gasteiger partial charge in [-0.2, -0.15) is 0 Å². The van der Waals surface area contributed by atoms with Gasteiger partial charge in [-0.05, 0) is 19.1 Å². The Hall–Kier alpha value is -2.22. The quantitative estimate of drug-likeness (QED) is 0.525. The van der Waals surface area contributed by atoms with Crippen molar-refractivity contribution in [2.75, 3.05) is 7.11 Å². The summed E-state index contributed by atoms with van der Waals surface area (Å²) >= 11 is 4.97. The van der Waals surface area contributed by atoms with Crippen LogP contribution in [0.4, 0.5) is 13.2 Å². The number of halogens is 3. The third-order valence-electron chi connectivity index (χ3n) is 2.75. The number of aryl methyl sites for hydroxylation is 1. The lowest BCUT2D eigenvalue weighted by atomic mass is 10.1. The van der Waals surface area contributed by atoms with Crippen LogP contribution in [0, 0.1) is 29.0 Å². The van der Waals surface area contributed by atoms with E-state index in [-0.39, 0.29) is 21.6 Å².